The molecular weight excluding hydrogens is 460 g/mol. The van der Waals surface area contributed by atoms with Crippen molar-refractivity contribution in [2.75, 3.05) is 13.2 Å². The Kier molecular flexibility index (Phi) is 7.84. The third kappa shape index (κ3) is 5.17. The summed E-state index contributed by atoms with van der Waals surface area (Å²) in [7, 11) is 0. The number of rotatable bonds is 10. The molecule has 0 saturated carbocycles. The van der Waals surface area contributed by atoms with Crippen molar-refractivity contribution in [3.63, 3.8) is 0 Å². The first kappa shape index (κ1) is 24.8. The molecule has 0 aliphatic heterocycles. The first-order valence-corrected chi connectivity index (χ1v) is 11.9. The van der Waals surface area contributed by atoms with Gasteiger partial charge in [0, 0.05) is 18.5 Å². The summed E-state index contributed by atoms with van der Waals surface area (Å²) in [5.74, 6) is -0.0795. The number of H-pyrrole nitrogens is 1. The molecular formula is C26H28N6O4. The Balaban J connectivity index is 1.70. The molecule has 2 aromatic carbocycles. The second kappa shape index (κ2) is 11.4. The van der Waals surface area contributed by atoms with Gasteiger partial charge in [0.25, 0.3) is 0 Å². The summed E-state index contributed by atoms with van der Waals surface area (Å²) in [6, 6.07) is 15.8. The van der Waals surface area contributed by atoms with E-state index in [9.17, 15) is 9.59 Å². The molecule has 10 nitrogen and oxygen atoms in total. The maximum absolute atomic E-state index is 12.9. The standard InChI is InChI=1S/C26H28N6O4/c1-4-9-21-27-22(25(33)35-5-2)23(26(34)36-6-3)32(21)16-17-12-14-18(15-13-17)19-10-7-8-11-20(19)24-28-30-31-29-24/h7-8,10-15H,4-6,9,16H2,1-3H3,(H,28,29,30,31). The molecule has 0 bridgehead atoms. The Hall–Kier alpha value is -4.34. The average Bonchev–Trinajstić information content (AvgIpc) is 3.54. The number of nitrogens with one attached hydrogen (secondary N) is 1. The van der Waals surface area contributed by atoms with Gasteiger partial charge in [0.1, 0.15) is 5.82 Å². The van der Waals surface area contributed by atoms with Gasteiger partial charge in [-0.25, -0.2) is 14.6 Å². The fourth-order valence-electron chi connectivity index (χ4n) is 4.01. The molecule has 0 radical (unpaired) electrons. The molecule has 0 aliphatic rings. The lowest BCUT2D eigenvalue weighted by molar-refractivity contribution is 0.0467. The molecule has 0 amide bonds. The Morgan fingerprint density at radius 3 is 2.25 bits per heavy atom. The molecule has 0 unspecified atom stereocenters. The molecule has 2 aromatic heterocycles. The van der Waals surface area contributed by atoms with Crippen LogP contribution in [-0.4, -0.2) is 55.3 Å². The lowest BCUT2D eigenvalue weighted by Gasteiger charge is -2.13. The molecule has 4 rings (SSSR count). The van der Waals surface area contributed by atoms with Crippen LogP contribution in [0.25, 0.3) is 22.5 Å². The number of hydrogen-bond acceptors (Lipinski definition) is 8. The fraction of sp³-hybridized carbons (Fsp3) is 0.308. The first-order chi connectivity index (χ1) is 17.6. The van der Waals surface area contributed by atoms with Crippen LogP contribution in [-0.2, 0) is 22.4 Å². The molecule has 2 heterocycles. The Morgan fingerprint density at radius 1 is 0.917 bits per heavy atom. The van der Waals surface area contributed by atoms with Crippen LogP contribution in [0.2, 0.25) is 0 Å². The van der Waals surface area contributed by atoms with Crippen molar-refractivity contribution in [2.24, 2.45) is 0 Å². The lowest BCUT2D eigenvalue weighted by atomic mass is 9.98. The molecule has 1 N–H and O–H groups in total. The van der Waals surface area contributed by atoms with Crippen molar-refractivity contribution in [3.8, 4) is 22.5 Å². The van der Waals surface area contributed by atoms with Crippen LogP contribution in [0.4, 0.5) is 0 Å². The van der Waals surface area contributed by atoms with Gasteiger partial charge in [0.2, 0.25) is 5.82 Å². The van der Waals surface area contributed by atoms with Gasteiger partial charge in [-0.05, 0) is 42.2 Å². The van der Waals surface area contributed by atoms with Crippen molar-refractivity contribution < 1.29 is 19.1 Å². The highest BCUT2D eigenvalue weighted by atomic mass is 16.5. The van der Waals surface area contributed by atoms with Crippen LogP contribution >= 0.6 is 0 Å². The van der Waals surface area contributed by atoms with E-state index in [-0.39, 0.29) is 24.6 Å². The number of esters is 2. The van der Waals surface area contributed by atoms with E-state index in [4.69, 9.17) is 9.47 Å². The quantitative estimate of drug-likeness (QED) is 0.331. The maximum Gasteiger partial charge on any atom is 0.359 e. The van der Waals surface area contributed by atoms with Gasteiger partial charge in [-0.15, -0.1) is 10.2 Å². The van der Waals surface area contributed by atoms with Crippen molar-refractivity contribution in [1.29, 1.82) is 0 Å². The van der Waals surface area contributed by atoms with E-state index in [1.54, 1.807) is 18.4 Å². The second-order valence-corrected chi connectivity index (χ2v) is 7.98. The molecule has 0 fully saturated rings. The van der Waals surface area contributed by atoms with Gasteiger partial charge in [0.15, 0.2) is 11.4 Å². The number of hydrogen-bond donors (Lipinski definition) is 1. The van der Waals surface area contributed by atoms with Crippen molar-refractivity contribution in [3.05, 3.63) is 71.3 Å². The first-order valence-electron chi connectivity index (χ1n) is 11.9. The minimum absolute atomic E-state index is 0.00981. The molecule has 36 heavy (non-hydrogen) atoms. The topological polar surface area (TPSA) is 125 Å². The van der Waals surface area contributed by atoms with Crippen molar-refractivity contribution in [2.45, 2.75) is 40.2 Å². The summed E-state index contributed by atoms with van der Waals surface area (Å²) in [6.45, 7) is 6.17. The third-order valence-corrected chi connectivity index (χ3v) is 5.58. The molecule has 4 aromatic rings. The predicted molar refractivity (Wildman–Crippen MR) is 132 cm³/mol. The van der Waals surface area contributed by atoms with Crippen LogP contribution < -0.4 is 0 Å². The van der Waals surface area contributed by atoms with Crippen LogP contribution in [0, 0.1) is 0 Å². The van der Waals surface area contributed by atoms with Gasteiger partial charge in [-0.2, -0.15) is 5.21 Å². The molecule has 0 saturated heterocycles. The van der Waals surface area contributed by atoms with E-state index in [1.807, 2.05) is 55.5 Å². The number of tetrazole rings is 1. The molecule has 0 spiro atoms. The van der Waals surface area contributed by atoms with E-state index < -0.39 is 11.9 Å². The summed E-state index contributed by atoms with van der Waals surface area (Å²) in [5.41, 5.74) is 3.86. The van der Waals surface area contributed by atoms with Gasteiger partial charge in [0.05, 0.1) is 13.2 Å². The minimum atomic E-state index is -0.634. The SMILES string of the molecule is CCCc1nc(C(=O)OCC)c(C(=O)OCC)n1Cc1ccc(-c2ccccc2-c2nn[nH]n2)cc1. The highest BCUT2D eigenvalue weighted by molar-refractivity contribution is 6.01. The van der Waals surface area contributed by atoms with Gasteiger partial charge >= 0.3 is 11.9 Å². The highest BCUT2D eigenvalue weighted by Gasteiger charge is 2.29. The lowest BCUT2D eigenvalue weighted by Crippen LogP contribution is -2.18. The summed E-state index contributed by atoms with van der Waals surface area (Å²) >= 11 is 0. The van der Waals surface area contributed by atoms with E-state index >= 15 is 0 Å². The smallest absolute Gasteiger partial charge is 0.359 e. The van der Waals surface area contributed by atoms with Crippen LogP contribution in [0.1, 0.15) is 59.6 Å². The number of nitrogens with zero attached hydrogens (tertiary/aromatic N) is 5. The number of carbonyl (C=O) groups is 2. The average molecular weight is 489 g/mol. The zero-order valence-electron chi connectivity index (χ0n) is 20.5. The van der Waals surface area contributed by atoms with Crippen LogP contribution in [0.5, 0.6) is 0 Å². The Labute approximate surface area is 208 Å². The predicted octanol–water partition coefficient (Wildman–Crippen LogP) is 4.08. The zero-order chi connectivity index (χ0) is 25.5. The van der Waals surface area contributed by atoms with Gasteiger partial charge in [-0.3, -0.25) is 0 Å². The Bertz CT molecular complexity index is 1330. The van der Waals surface area contributed by atoms with E-state index in [0.717, 1.165) is 28.7 Å². The number of benzene rings is 2. The fourth-order valence-corrected chi connectivity index (χ4v) is 4.01. The zero-order valence-corrected chi connectivity index (χ0v) is 20.5. The summed E-state index contributed by atoms with van der Waals surface area (Å²) in [5, 5.41) is 14.4. The molecule has 0 aliphatic carbocycles. The summed E-state index contributed by atoms with van der Waals surface area (Å²) in [6.07, 6.45) is 1.40. The largest absolute Gasteiger partial charge is 0.461 e. The number of imidazole rings is 1. The Morgan fingerprint density at radius 2 is 1.61 bits per heavy atom. The number of aryl methyl sites for hydroxylation is 1. The summed E-state index contributed by atoms with van der Waals surface area (Å²) < 4.78 is 12.2. The highest BCUT2D eigenvalue weighted by Crippen LogP contribution is 2.30. The molecule has 10 heteroatoms. The minimum Gasteiger partial charge on any atom is -0.461 e. The maximum atomic E-state index is 12.9. The van der Waals surface area contributed by atoms with Crippen LogP contribution in [0.15, 0.2) is 48.5 Å². The number of aromatic amines is 1. The van der Waals surface area contributed by atoms with Crippen molar-refractivity contribution in [1.82, 2.24) is 30.2 Å². The van der Waals surface area contributed by atoms with Crippen LogP contribution in [0.3, 0.4) is 0 Å². The number of carbonyl (C=O) groups excluding carboxylic acids is 2. The van der Waals surface area contributed by atoms with E-state index in [0.29, 0.717) is 24.6 Å². The third-order valence-electron chi connectivity index (χ3n) is 5.58. The van der Waals surface area contributed by atoms with Gasteiger partial charge in [-0.1, -0.05) is 55.5 Å². The number of ether oxygens (including phenoxy) is 2. The summed E-state index contributed by atoms with van der Waals surface area (Å²) in [4.78, 5) is 30.0. The van der Waals surface area contributed by atoms with Gasteiger partial charge < -0.3 is 14.0 Å². The second-order valence-electron chi connectivity index (χ2n) is 7.98. The number of aromatic nitrogens is 6. The van der Waals surface area contributed by atoms with E-state index in [2.05, 4.69) is 25.6 Å². The van der Waals surface area contributed by atoms with Crippen molar-refractivity contribution >= 4 is 11.9 Å². The normalized spacial score (nSPS) is 10.9. The monoisotopic (exact) mass is 488 g/mol. The van der Waals surface area contributed by atoms with E-state index in [1.165, 1.54) is 0 Å². The molecule has 0 atom stereocenters. The molecule has 186 valence electrons.